The number of carbonyl (C=O) groups is 1. The predicted octanol–water partition coefficient (Wildman–Crippen LogP) is 2.38. The van der Waals surface area contributed by atoms with Crippen molar-refractivity contribution in [3.63, 3.8) is 0 Å². The van der Waals surface area contributed by atoms with Crippen LogP contribution >= 0.6 is 28.0 Å². The fourth-order valence-electron chi connectivity index (χ4n) is 1.71. The number of esters is 1. The lowest BCUT2D eigenvalue weighted by molar-refractivity contribution is -0.142. The Balaban J connectivity index is 1.78. The van der Waals surface area contributed by atoms with Gasteiger partial charge < -0.3 is 14.2 Å². The summed E-state index contributed by atoms with van der Waals surface area (Å²) in [4.78, 5) is 12.4. The molecule has 4 nitrogen and oxygen atoms in total. The summed E-state index contributed by atoms with van der Waals surface area (Å²) in [5.41, 5.74) is 0. The average molecular weight is 332 g/mol. The van der Waals surface area contributed by atoms with Gasteiger partial charge in [-0.3, -0.25) is 4.79 Å². The smallest absolute Gasteiger partial charge is 0.322 e. The molecule has 0 unspecified atom stereocenters. The van der Waals surface area contributed by atoms with E-state index in [-0.39, 0.29) is 18.1 Å². The fraction of sp³-hybridized carbons (Fsp3) is 0.417. The Morgan fingerprint density at radius 3 is 2.83 bits per heavy atom. The minimum atomic E-state index is -0.245. The highest BCUT2D eigenvalue weighted by molar-refractivity contribution is 9.10. The third kappa shape index (κ3) is 3.71. The summed E-state index contributed by atoms with van der Waals surface area (Å²) < 4.78 is 11.4. The summed E-state index contributed by atoms with van der Waals surface area (Å²) in [6, 6.07) is 7.65. The number of hydrogen-bond acceptors (Lipinski definition) is 5. The van der Waals surface area contributed by atoms with Crippen LogP contribution in [0.15, 0.2) is 33.6 Å². The number of carbonyl (C=O) groups excluding carboxylic acids is 1. The van der Waals surface area contributed by atoms with Crippen LogP contribution in [0.25, 0.3) is 0 Å². The molecule has 1 aromatic rings. The van der Waals surface area contributed by atoms with Crippen molar-refractivity contribution in [3.8, 4) is 0 Å². The summed E-state index contributed by atoms with van der Waals surface area (Å²) in [6.45, 7) is 0.670. The van der Waals surface area contributed by atoms with Gasteiger partial charge in [-0.05, 0) is 24.3 Å². The molecule has 0 aromatic heterocycles. The number of halogens is 1. The van der Waals surface area contributed by atoms with Crippen molar-refractivity contribution < 1.29 is 13.7 Å². The van der Waals surface area contributed by atoms with Gasteiger partial charge in [0.1, 0.15) is 6.04 Å². The van der Waals surface area contributed by atoms with Gasteiger partial charge in [-0.25, -0.2) is 0 Å². The molecule has 6 heteroatoms. The van der Waals surface area contributed by atoms with Crippen molar-refractivity contribution in [3.05, 3.63) is 28.7 Å². The van der Waals surface area contributed by atoms with Crippen LogP contribution in [0.1, 0.15) is 6.42 Å². The molecule has 18 heavy (non-hydrogen) atoms. The van der Waals surface area contributed by atoms with Crippen LogP contribution in [-0.4, -0.2) is 31.8 Å². The van der Waals surface area contributed by atoms with E-state index in [0.717, 1.165) is 9.37 Å². The van der Waals surface area contributed by atoms with E-state index in [1.807, 2.05) is 24.3 Å². The molecule has 1 aliphatic rings. The zero-order valence-electron chi connectivity index (χ0n) is 9.89. The van der Waals surface area contributed by atoms with Gasteiger partial charge in [0.15, 0.2) is 0 Å². The number of methoxy groups -OCH3 is 1. The Kier molecular flexibility index (Phi) is 5.05. The largest absolute Gasteiger partial charge is 0.468 e. The molecular formula is C12H14BrNO3S. The van der Waals surface area contributed by atoms with Crippen molar-refractivity contribution in [2.24, 2.45) is 0 Å². The van der Waals surface area contributed by atoms with Gasteiger partial charge in [0.05, 0.1) is 13.2 Å². The second-order valence-corrected chi connectivity index (χ2v) is 5.72. The lowest BCUT2D eigenvalue weighted by Crippen LogP contribution is -2.31. The summed E-state index contributed by atoms with van der Waals surface area (Å²) in [5, 5.41) is 3.08. The Morgan fingerprint density at radius 1 is 1.44 bits per heavy atom. The van der Waals surface area contributed by atoms with Crippen LogP contribution in [0.4, 0.5) is 0 Å². The van der Waals surface area contributed by atoms with Crippen LogP contribution in [0, 0.1) is 0 Å². The first-order valence-electron chi connectivity index (χ1n) is 5.59. The number of nitrogens with one attached hydrogen (secondary N) is 1. The number of benzene rings is 1. The average Bonchev–Trinajstić information content (AvgIpc) is 2.86. The third-order valence-corrected chi connectivity index (χ3v) is 4.03. The van der Waals surface area contributed by atoms with Gasteiger partial charge in [-0.2, -0.15) is 0 Å². The molecule has 1 fully saturated rings. The summed E-state index contributed by atoms with van der Waals surface area (Å²) in [7, 11) is 1.40. The van der Waals surface area contributed by atoms with E-state index in [1.54, 1.807) is 0 Å². The minimum absolute atomic E-state index is 0.0303. The minimum Gasteiger partial charge on any atom is -0.468 e. The molecule has 1 saturated heterocycles. The summed E-state index contributed by atoms with van der Waals surface area (Å²) in [6.07, 6.45) is 0.679. The number of rotatable bonds is 4. The highest BCUT2D eigenvalue weighted by atomic mass is 79.9. The quantitative estimate of drug-likeness (QED) is 0.678. The van der Waals surface area contributed by atoms with E-state index >= 15 is 0 Å². The molecule has 0 spiro atoms. The topological polar surface area (TPSA) is 47.6 Å². The lowest BCUT2D eigenvalue weighted by atomic mass is 10.2. The van der Waals surface area contributed by atoms with Gasteiger partial charge >= 0.3 is 5.97 Å². The molecule has 0 aliphatic carbocycles. The number of ether oxygens (including phenoxy) is 1. The second kappa shape index (κ2) is 6.56. The molecule has 0 saturated carbocycles. The van der Waals surface area contributed by atoms with Crippen molar-refractivity contribution in [1.82, 2.24) is 5.32 Å². The molecule has 1 heterocycles. The molecule has 1 N–H and O–H groups in total. The Hall–Kier alpha value is -0.560. The van der Waals surface area contributed by atoms with Gasteiger partial charge in [0.2, 0.25) is 0 Å². The fourth-order valence-corrected chi connectivity index (χ4v) is 2.62. The van der Waals surface area contributed by atoms with E-state index in [1.165, 1.54) is 19.2 Å². The summed E-state index contributed by atoms with van der Waals surface area (Å²) in [5.74, 6) is -0.227. The number of hydrogen-bond donors (Lipinski definition) is 1. The monoisotopic (exact) mass is 331 g/mol. The molecule has 2 rings (SSSR count). The Morgan fingerprint density at radius 2 is 2.17 bits per heavy atom. The third-order valence-electron chi connectivity index (χ3n) is 2.67. The zero-order chi connectivity index (χ0) is 13.0. The van der Waals surface area contributed by atoms with Crippen molar-refractivity contribution in [2.45, 2.75) is 23.5 Å². The van der Waals surface area contributed by atoms with Gasteiger partial charge in [-0.1, -0.05) is 15.9 Å². The maximum absolute atomic E-state index is 11.3. The van der Waals surface area contributed by atoms with E-state index in [9.17, 15) is 4.79 Å². The van der Waals surface area contributed by atoms with Crippen molar-refractivity contribution in [1.29, 1.82) is 0 Å². The van der Waals surface area contributed by atoms with Crippen LogP contribution in [0.3, 0.4) is 0 Å². The van der Waals surface area contributed by atoms with Crippen LogP contribution in [0.2, 0.25) is 0 Å². The standard InChI is InChI=1S/C12H14BrNO3S/c1-16-12(15)11-6-9(7-14-11)17-18-10-4-2-8(13)3-5-10/h2-5,9,11,14H,6-7H2,1H3/t9-,11-/m0/s1. The van der Waals surface area contributed by atoms with E-state index in [4.69, 9.17) is 4.18 Å². The highest BCUT2D eigenvalue weighted by Gasteiger charge is 2.30. The zero-order valence-corrected chi connectivity index (χ0v) is 12.3. The van der Waals surface area contributed by atoms with E-state index in [0.29, 0.717) is 13.0 Å². The van der Waals surface area contributed by atoms with E-state index in [2.05, 4.69) is 26.0 Å². The van der Waals surface area contributed by atoms with Gasteiger partial charge in [0.25, 0.3) is 0 Å². The highest BCUT2D eigenvalue weighted by Crippen LogP contribution is 2.25. The second-order valence-electron chi connectivity index (χ2n) is 3.98. The first kappa shape index (κ1) is 13.9. The normalized spacial score (nSPS) is 23.0. The first-order chi connectivity index (χ1) is 8.69. The molecule has 1 aromatic carbocycles. The predicted molar refractivity (Wildman–Crippen MR) is 73.3 cm³/mol. The Bertz CT molecular complexity index is 412. The molecule has 0 bridgehead atoms. The maximum atomic E-state index is 11.3. The lowest BCUT2D eigenvalue weighted by Gasteiger charge is -2.09. The van der Waals surface area contributed by atoms with Gasteiger partial charge in [-0.15, -0.1) is 0 Å². The molecule has 2 atom stereocenters. The molecule has 1 aliphatic heterocycles. The van der Waals surface area contributed by atoms with Gasteiger partial charge in [0, 0.05) is 34.4 Å². The van der Waals surface area contributed by atoms with Crippen LogP contribution in [-0.2, 0) is 13.7 Å². The van der Waals surface area contributed by atoms with Crippen molar-refractivity contribution >= 4 is 33.9 Å². The maximum Gasteiger partial charge on any atom is 0.322 e. The van der Waals surface area contributed by atoms with Crippen LogP contribution in [0.5, 0.6) is 0 Å². The molecule has 98 valence electrons. The molecule has 0 radical (unpaired) electrons. The van der Waals surface area contributed by atoms with Crippen molar-refractivity contribution in [2.75, 3.05) is 13.7 Å². The SMILES string of the molecule is COC(=O)[C@@H]1C[C@H](OSc2ccc(Br)cc2)CN1. The van der Waals surface area contributed by atoms with E-state index < -0.39 is 0 Å². The Labute approximate surface area is 119 Å². The molecule has 0 amide bonds. The van der Waals surface area contributed by atoms with Crippen LogP contribution < -0.4 is 5.32 Å². The first-order valence-corrected chi connectivity index (χ1v) is 7.12. The summed E-state index contributed by atoms with van der Waals surface area (Å²) >= 11 is 4.72. The molecular weight excluding hydrogens is 318 g/mol.